The number of anilines is 1. The van der Waals surface area contributed by atoms with Gasteiger partial charge in [0.15, 0.2) is 5.76 Å². The Balaban J connectivity index is 1.68. The maximum absolute atomic E-state index is 13.3. The van der Waals surface area contributed by atoms with Crippen molar-refractivity contribution in [1.82, 2.24) is 0 Å². The molecule has 1 amide bonds. The van der Waals surface area contributed by atoms with Gasteiger partial charge in [0.25, 0.3) is 5.91 Å². The SMILES string of the molecule is C=CCOc1ccc(C(=O)Nc2c(C(=O)c3ccc(OC)c(Cl)c3)oc3ccccc23)cc1. The van der Waals surface area contributed by atoms with E-state index < -0.39 is 11.7 Å². The first-order valence-electron chi connectivity index (χ1n) is 10.1. The molecule has 1 heterocycles. The number of furan rings is 1. The van der Waals surface area contributed by atoms with Crippen LogP contribution in [0.3, 0.4) is 0 Å². The lowest BCUT2D eigenvalue weighted by Gasteiger charge is -2.08. The molecule has 1 N–H and O–H groups in total. The van der Waals surface area contributed by atoms with Crippen molar-refractivity contribution in [2.75, 3.05) is 19.0 Å². The molecule has 0 saturated carbocycles. The molecule has 1 aromatic heterocycles. The van der Waals surface area contributed by atoms with Gasteiger partial charge in [-0.1, -0.05) is 36.4 Å². The van der Waals surface area contributed by atoms with Crippen LogP contribution >= 0.6 is 11.6 Å². The van der Waals surface area contributed by atoms with Crippen LogP contribution in [-0.2, 0) is 0 Å². The molecule has 3 aromatic carbocycles. The third-order valence-corrected chi connectivity index (χ3v) is 5.23. The number of amides is 1. The number of carbonyl (C=O) groups is 2. The normalized spacial score (nSPS) is 10.6. The van der Waals surface area contributed by atoms with Crippen molar-refractivity contribution < 1.29 is 23.5 Å². The Morgan fingerprint density at radius 1 is 1.06 bits per heavy atom. The van der Waals surface area contributed by atoms with E-state index in [9.17, 15) is 9.59 Å². The predicted octanol–water partition coefficient (Wildman–Crippen LogP) is 6.14. The highest BCUT2D eigenvalue weighted by Crippen LogP contribution is 2.34. The number of ketones is 1. The minimum absolute atomic E-state index is 0.0109. The van der Waals surface area contributed by atoms with Crippen LogP contribution in [0.2, 0.25) is 5.02 Å². The van der Waals surface area contributed by atoms with Crippen LogP contribution in [0.15, 0.2) is 83.8 Å². The molecule has 7 heteroatoms. The van der Waals surface area contributed by atoms with Gasteiger partial charge in [-0.2, -0.15) is 0 Å². The summed E-state index contributed by atoms with van der Waals surface area (Å²) >= 11 is 6.20. The van der Waals surface area contributed by atoms with Gasteiger partial charge < -0.3 is 19.2 Å². The number of benzene rings is 3. The molecule has 6 nitrogen and oxygen atoms in total. The molecule has 0 saturated heterocycles. The van der Waals surface area contributed by atoms with E-state index in [1.54, 1.807) is 66.7 Å². The molecule has 4 aromatic rings. The van der Waals surface area contributed by atoms with E-state index in [0.29, 0.717) is 50.9 Å². The molecule has 0 fully saturated rings. The summed E-state index contributed by atoms with van der Waals surface area (Å²) in [5.74, 6) is 0.272. The van der Waals surface area contributed by atoms with E-state index in [2.05, 4.69) is 11.9 Å². The number of ether oxygens (including phenoxy) is 2. The second-order valence-electron chi connectivity index (χ2n) is 7.06. The minimum Gasteiger partial charge on any atom is -0.495 e. The fourth-order valence-corrected chi connectivity index (χ4v) is 3.57. The molecular formula is C26H20ClNO5. The second kappa shape index (κ2) is 9.63. The van der Waals surface area contributed by atoms with Crippen molar-refractivity contribution in [2.45, 2.75) is 0 Å². The summed E-state index contributed by atoms with van der Waals surface area (Å²) in [6.45, 7) is 3.98. The Morgan fingerprint density at radius 3 is 2.48 bits per heavy atom. The van der Waals surface area contributed by atoms with E-state index >= 15 is 0 Å². The van der Waals surface area contributed by atoms with Crippen LogP contribution in [0.5, 0.6) is 11.5 Å². The maximum atomic E-state index is 13.3. The number of hydrogen-bond donors (Lipinski definition) is 1. The molecule has 0 unspecified atom stereocenters. The van der Waals surface area contributed by atoms with Crippen molar-refractivity contribution >= 4 is 39.9 Å². The average Bonchev–Trinajstić information content (AvgIpc) is 3.20. The molecule has 4 rings (SSSR count). The van der Waals surface area contributed by atoms with Crippen LogP contribution in [0.25, 0.3) is 11.0 Å². The zero-order chi connectivity index (χ0) is 23.4. The van der Waals surface area contributed by atoms with Crippen molar-refractivity contribution in [3.05, 3.63) is 101 Å². The standard InChI is InChI=1S/C26H20ClNO5/c1-3-14-32-18-11-8-16(9-12-18)26(30)28-23-19-6-4-5-7-21(19)33-25(23)24(29)17-10-13-22(31-2)20(27)15-17/h3-13,15H,1,14H2,2H3,(H,28,30). The fraction of sp³-hybridized carbons (Fsp3) is 0.0769. The summed E-state index contributed by atoms with van der Waals surface area (Å²) in [7, 11) is 1.49. The van der Waals surface area contributed by atoms with Crippen molar-refractivity contribution in [1.29, 1.82) is 0 Å². The Hall–Kier alpha value is -4.03. The molecule has 33 heavy (non-hydrogen) atoms. The maximum Gasteiger partial charge on any atom is 0.255 e. The lowest BCUT2D eigenvalue weighted by Crippen LogP contribution is -2.14. The van der Waals surface area contributed by atoms with Gasteiger partial charge in [-0.05, 0) is 54.6 Å². The first-order valence-corrected chi connectivity index (χ1v) is 10.4. The Morgan fingerprint density at radius 2 is 1.79 bits per heavy atom. The van der Waals surface area contributed by atoms with Crippen molar-refractivity contribution in [3.8, 4) is 11.5 Å². The largest absolute Gasteiger partial charge is 0.495 e. The van der Waals surface area contributed by atoms with Gasteiger partial charge in [0.05, 0.1) is 17.8 Å². The number of carbonyl (C=O) groups excluding carboxylic acids is 2. The van der Waals surface area contributed by atoms with Crippen LogP contribution in [-0.4, -0.2) is 25.4 Å². The number of methoxy groups -OCH3 is 1. The third kappa shape index (κ3) is 4.61. The first kappa shape index (κ1) is 22.2. The van der Waals surface area contributed by atoms with Crippen LogP contribution < -0.4 is 14.8 Å². The lowest BCUT2D eigenvalue weighted by molar-refractivity contribution is 0.101. The molecule has 0 aliphatic rings. The summed E-state index contributed by atoms with van der Waals surface area (Å²) < 4.78 is 16.4. The number of nitrogens with one attached hydrogen (secondary N) is 1. The number of halogens is 1. The number of fused-ring (bicyclic) bond motifs is 1. The average molecular weight is 462 g/mol. The van der Waals surface area contributed by atoms with Gasteiger partial charge in [0, 0.05) is 16.5 Å². The highest BCUT2D eigenvalue weighted by Gasteiger charge is 2.24. The van der Waals surface area contributed by atoms with E-state index in [1.165, 1.54) is 13.2 Å². The Bertz CT molecular complexity index is 1340. The summed E-state index contributed by atoms with van der Waals surface area (Å²) in [5.41, 5.74) is 1.47. The van der Waals surface area contributed by atoms with E-state index in [1.807, 2.05) is 0 Å². The molecule has 0 atom stereocenters. The monoisotopic (exact) mass is 461 g/mol. The zero-order valence-electron chi connectivity index (χ0n) is 17.8. The van der Waals surface area contributed by atoms with Gasteiger partial charge >= 0.3 is 0 Å². The molecule has 0 bridgehead atoms. The van der Waals surface area contributed by atoms with E-state index in [4.69, 9.17) is 25.5 Å². The van der Waals surface area contributed by atoms with Crippen molar-refractivity contribution in [3.63, 3.8) is 0 Å². The smallest absolute Gasteiger partial charge is 0.255 e. The van der Waals surface area contributed by atoms with Gasteiger partial charge in [-0.25, -0.2) is 0 Å². The lowest BCUT2D eigenvalue weighted by atomic mass is 10.1. The summed E-state index contributed by atoms with van der Waals surface area (Å²) in [5, 5.41) is 3.74. The van der Waals surface area contributed by atoms with Crippen LogP contribution in [0.1, 0.15) is 26.5 Å². The van der Waals surface area contributed by atoms with Gasteiger partial charge in [-0.15, -0.1) is 0 Å². The van der Waals surface area contributed by atoms with Crippen LogP contribution in [0.4, 0.5) is 5.69 Å². The molecule has 0 spiro atoms. The predicted molar refractivity (Wildman–Crippen MR) is 128 cm³/mol. The highest BCUT2D eigenvalue weighted by atomic mass is 35.5. The Labute approximate surface area is 195 Å². The van der Waals surface area contributed by atoms with Crippen LogP contribution in [0, 0.1) is 0 Å². The van der Waals surface area contributed by atoms with E-state index in [-0.39, 0.29) is 5.76 Å². The Kier molecular flexibility index (Phi) is 6.47. The molecule has 166 valence electrons. The summed E-state index contributed by atoms with van der Waals surface area (Å²) in [4.78, 5) is 26.3. The first-order chi connectivity index (χ1) is 16.0. The number of hydrogen-bond acceptors (Lipinski definition) is 5. The van der Waals surface area contributed by atoms with Gasteiger partial charge in [-0.3, -0.25) is 9.59 Å². The number of rotatable bonds is 8. The molecule has 0 radical (unpaired) electrons. The molecular weight excluding hydrogens is 442 g/mol. The van der Waals surface area contributed by atoms with Gasteiger partial charge in [0.2, 0.25) is 5.78 Å². The van der Waals surface area contributed by atoms with Crippen molar-refractivity contribution in [2.24, 2.45) is 0 Å². The third-order valence-electron chi connectivity index (χ3n) is 4.94. The van der Waals surface area contributed by atoms with Gasteiger partial charge in [0.1, 0.15) is 23.7 Å². The zero-order valence-corrected chi connectivity index (χ0v) is 18.5. The minimum atomic E-state index is -0.417. The second-order valence-corrected chi connectivity index (χ2v) is 7.47. The fourth-order valence-electron chi connectivity index (χ4n) is 3.31. The quantitative estimate of drug-likeness (QED) is 0.252. The summed E-state index contributed by atoms with van der Waals surface area (Å²) in [6, 6.07) is 18.5. The van der Waals surface area contributed by atoms with E-state index in [0.717, 1.165) is 0 Å². The molecule has 0 aliphatic heterocycles. The topological polar surface area (TPSA) is 77.8 Å². The number of para-hydroxylation sites is 1. The molecule has 0 aliphatic carbocycles. The summed E-state index contributed by atoms with van der Waals surface area (Å²) in [6.07, 6.45) is 1.64. The highest BCUT2D eigenvalue weighted by molar-refractivity contribution is 6.32.